The van der Waals surface area contributed by atoms with Crippen LogP contribution in [0.2, 0.25) is 0 Å². The molecular weight excluding hydrogens is 262 g/mol. The summed E-state index contributed by atoms with van der Waals surface area (Å²) in [5.74, 6) is 2.47. The first kappa shape index (κ1) is 14.0. The van der Waals surface area contributed by atoms with Crippen LogP contribution in [0.1, 0.15) is 17.8 Å². The number of benzene rings is 1. The zero-order chi connectivity index (χ0) is 14.5. The van der Waals surface area contributed by atoms with Crippen LogP contribution in [0.25, 0.3) is 0 Å². The summed E-state index contributed by atoms with van der Waals surface area (Å²) in [6, 6.07) is 12.3. The van der Waals surface area contributed by atoms with Crippen molar-refractivity contribution in [3.8, 4) is 0 Å². The van der Waals surface area contributed by atoms with Gasteiger partial charge < -0.3 is 9.64 Å². The zero-order valence-corrected chi connectivity index (χ0v) is 12.4. The second-order valence-electron chi connectivity index (χ2n) is 5.60. The SMILES string of the molecule is CN(C[C@H]1CCOC1)c1ccnc(Cc2ccccc2)n1. The molecule has 0 aliphatic carbocycles. The van der Waals surface area contributed by atoms with Crippen molar-refractivity contribution in [1.29, 1.82) is 0 Å². The van der Waals surface area contributed by atoms with Crippen LogP contribution >= 0.6 is 0 Å². The van der Waals surface area contributed by atoms with Crippen molar-refractivity contribution < 1.29 is 4.74 Å². The molecule has 3 rings (SSSR count). The van der Waals surface area contributed by atoms with E-state index in [0.717, 1.165) is 44.2 Å². The van der Waals surface area contributed by atoms with Gasteiger partial charge in [0.05, 0.1) is 6.61 Å². The predicted molar refractivity (Wildman–Crippen MR) is 83.5 cm³/mol. The minimum Gasteiger partial charge on any atom is -0.381 e. The van der Waals surface area contributed by atoms with Crippen molar-refractivity contribution in [1.82, 2.24) is 9.97 Å². The molecule has 4 heteroatoms. The fourth-order valence-electron chi connectivity index (χ4n) is 2.67. The Kier molecular flexibility index (Phi) is 4.46. The van der Waals surface area contributed by atoms with Crippen LogP contribution in [0.3, 0.4) is 0 Å². The number of rotatable bonds is 5. The molecule has 0 bridgehead atoms. The third kappa shape index (κ3) is 3.79. The maximum Gasteiger partial charge on any atom is 0.135 e. The molecule has 2 aromatic rings. The number of anilines is 1. The van der Waals surface area contributed by atoms with E-state index in [4.69, 9.17) is 4.74 Å². The van der Waals surface area contributed by atoms with E-state index in [2.05, 4.69) is 34.0 Å². The van der Waals surface area contributed by atoms with Crippen LogP contribution in [-0.4, -0.2) is 36.8 Å². The van der Waals surface area contributed by atoms with Crippen molar-refractivity contribution in [2.45, 2.75) is 12.8 Å². The second-order valence-corrected chi connectivity index (χ2v) is 5.60. The molecule has 2 heterocycles. The number of ether oxygens (including phenoxy) is 1. The second kappa shape index (κ2) is 6.68. The van der Waals surface area contributed by atoms with Crippen molar-refractivity contribution in [3.63, 3.8) is 0 Å². The number of hydrogen-bond donors (Lipinski definition) is 0. The average molecular weight is 283 g/mol. The van der Waals surface area contributed by atoms with Gasteiger partial charge in [-0.15, -0.1) is 0 Å². The van der Waals surface area contributed by atoms with Gasteiger partial charge in [-0.25, -0.2) is 9.97 Å². The summed E-state index contributed by atoms with van der Waals surface area (Å²) in [6.45, 7) is 2.75. The Morgan fingerprint density at radius 2 is 2.10 bits per heavy atom. The van der Waals surface area contributed by atoms with Crippen molar-refractivity contribution in [3.05, 3.63) is 54.0 Å². The lowest BCUT2D eigenvalue weighted by molar-refractivity contribution is 0.186. The first-order valence-corrected chi connectivity index (χ1v) is 7.46. The molecular formula is C17H21N3O. The van der Waals surface area contributed by atoms with Gasteiger partial charge in [0.2, 0.25) is 0 Å². The highest BCUT2D eigenvalue weighted by molar-refractivity contribution is 5.37. The monoisotopic (exact) mass is 283 g/mol. The van der Waals surface area contributed by atoms with E-state index < -0.39 is 0 Å². The molecule has 0 unspecified atom stereocenters. The Bertz CT molecular complexity index is 567. The largest absolute Gasteiger partial charge is 0.381 e. The maximum atomic E-state index is 5.44. The first-order chi connectivity index (χ1) is 10.3. The number of aromatic nitrogens is 2. The fourth-order valence-corrected chi connectivity index (χ4v) is 2.67. The van der Waals surface area contributed by atoms with Crippen LogP contribution in [0, 0.1) is 5.92 Å². The lowest BCUT2D eigenvalue weighted by atomic mass is 10.1. The Balaban J connectivity index is 1.67. The van der Waals surface area contributed by atoms with Crippen LogP contribution in [0.15, 0.2) is 42.6 Å². The van der Waals surface area contributed by atoms with Gasteiger partial charge in [0.15, 0.2) is 0 Å². The van der Waals surface area contributed by atoms with Gasteiger partial charge in [-0.1, -0.05) is 30.3 Å². The van der Waals surface area contributed by atoms with Crippen LogP contribution in [0.5, 0.6) is 0 Å². The molecule has 1 saturated heterocycles. The molecule has 0 spiro atoms. The first-order valence-electron chi connectivity index (χ1n) is 7.46. The van der Waals surface area contributed by atoms with Gasteiger partial charge in [0, 0.05) is 38.7 Å². The van der Waals surface area contributed by atoms with Crippen molar-refractivity contribution >= 4 is 5.82 Å². The summed E-state index contributed by atoms with van der Waals surface area (Å²) in [5, 5.41) is 0. The van der Waals surface area contributed by atoms with Gasteiger partial charge in [0.25, 0.3) is 0 Å². The van der Waals surface area contributed by atoms with Crippen LogP contribution < -0.4 is 4.90 Å². The molecule has 1 aliphatic heterocycles. The van der Waals surface area contributed by atoms with Gasteiger partial charge in [0.1, 0.15) is 11.6 Å². The van der Waals surface area contributed by atoms with E-state index in [1.165, 1.54) is 5.56 Å². The summed E-state index contributed by atoms with van der Waals surface area (Å²) >= 11 is 0. The van der Waals surface area contributed by atoms with Gasteiger partial charge >= 0.3 is 0 Å². The fraction of sp³-hybridized carbons (Fsp3) is 0.412. The minimum atomic E-state index is 0.613. The lowest BCUT2D eigenvalue weighted by Gasteiger charge is -2.21. The third-order valence-electron chi connectivity index (χ3n) is 3.84. The van der Waals surface area contributed by atoms with E-state index >= 15 is 0 Å². The summed E-state index contributed by atoms with van der Waals surface area (Å²) < 4.78 is 5.44. The molecule has 0 radical (unpaired) electrons. The van der Waals surface area contributed by atoms with E-state index in [9.17, 15) is 0 Å². The zero-order valence-electron chi connectivity index (χ0n) is 12.4. The number of hydrogen-bond acceptors (Lipinski definition) is 4. The smallest absolute Gasteiger partial charge is 0.135 e. The molecule has 0 amide bonds. The summed E-state index contributed by atoms with van der Waals surface area (Å²) in [5.41, 5.74) is 1.24. The maximum absolute atomic E-state index is 5.44. The van der Waals surface area contributed by atoms with Crippen molar-refractivity contribution in [2.24, 2.45) is 5.92 Å². The van der Waals surface area contributed by atoms with Gasteiger partial charge in [-0.05, 0) is 18.1 Å². The van der Waals surface area contributed by atoms with Crippen LogP contribution in [-0.2, 0) is 11.2 Å². The molecule has 4 nitrogen and oxygen atoms in total. The van der Waals surface area contributed by atoms with E-state index in [0.29, 0.717) is 5.92 Å². The van der Waals surface area contributed by atoms with E-state index in [1.807, 2.05) is 30.5 Å². The highest BCUT2D eigenvalue weighted by Gasteiger charge is 2.18. The molecule has 1 fully saturated rings. The van der Waals surface area contributed by atoms with Gasteiger partial charge in [-0.3, -0.25) is 0 Å². The standard InChI is InChI=1S/C17H21N3O/c1-20(12-15-8-10-21-13-15)17-7-9-18-16(19-17)11-14-5-3-2-4-6-14/h2-7,9,15H,8,10-13H2,1H3/t15-/m1/s1. The van der Waals surface area contributed by atoms with E-state index in [-0.39, 0.29) is 0 Å². The van der Waals surface area contributed by atoms with Gasteiger partial charge in [-0.2, -0.15) is 0 Å². The third-order valence-corrected chi connectivity index (χ3v) is 3.84. The Hall–Kier alpha value is -1.94. The van der Waals surface area contributed by atoms with Crippen LogP contribution in [0.4, 0.5) is 5.82 Å². The number of nitrogens with zero attached hydrogens (tertiary/aromatic N) is 3. The lowest BCUT2D eigenvalue weighted by Crippen LogP contribution is -2.26. The molecule has 110 valence electrons. The highest BCUT2D eigenvalue weighted by atomic mass is 16.5. The molecule has 0 N–H and O–H groups in total. The topological polar surface area (TPSA) is 38.2 Å². The minimum absolute atomic E-state index is 0.613. The Morgan fingerprint density at radius 3 is 2.86 bits per heavy atom. The Morgan fingerprint density at radius 1 is 1.24 bits per heavy atom. The van der Waals surface area contributed by atoms with E-state index in [1.54, 1.807) is 0 Å². The predicted octanol–water partition coefficient (Wildman–Crippen LogP) is 2.54. The molecule has 0 saturated carbocycles. The molecule has 1 atom stereocenters. The Labute approximate surface area is 125 Å². The summed E-state index contributed by atoms with van der Waals surface area (Å²) in [6.07, 6.45) is 3.77. The molecule has 1 aromatic carbocycles. The molecule has 1 aliphatic rings. The molecule has 1 aromatic heterocycles. The van der Waals surface area contributed by atoms with Crippen molar-refractivity contribution in [2.75, 3.05) is 31.7 Å². The normalized spacial score (nSPS) is 17.9. The average Bonchev–Trinajstić information content (AvgIpc) is 3.01. The summed E-state index contributed by atoms with van der Waals surface area (Å²) in [7, 11) is 2.09. The quantitative estimate of drug-likeness (QED) is 0.845. The summed E-state index contributed by atoms with van der Waals surface area (Å²) in [4.78, 5) is 11.3. The molecule has 21 heavy (non-hydrogen) atoms. The highest BCUT2D eigenvalue weighted by Crippen LogP contribution is 2.17.